The minimum Gasteiger partial charge on any atom is -0.372 e. The minimum atomic E-state index is -0.155. The van der Waals surface area contributed by atoms with Crippen LogP contribution >= 0.6 is 0 Å². The molecule has 1 aromatic carbocycles. The smallest absolute Gasteiger partial charge is 0.123 e. The normalized spacial score (nSPS) is 28.8. The molecular weight excluding hydrogens is 217 g/mol. The highest BCUT2D eigenvalue weighted by molar-refractivity contribution is 5.32. The average Bonchev–Trinajstić information content (AvgIpc) is 2.77. The van der Waals surface area contributed by atoms with E-state index in [2.05, 4.69) is 5.32 Å². The number of benzene rings is 1. The Labute approximate surface area is 101 Å². The van der Waals surface area contributed by atoms with Gasteiger partial charge in [-0.3, -0.25) is 0 Å². The van der Waals surface area contributed by atoms with Crippen molar-refractivity contribution in [2.24, 2.45) is 0 Å². The Morgan fingerprint density at radius 1 is 1.29 bits per heavy atom. The molecule has 1 aromatic rings. The van der Waals surface area contributed by atoms with Crippen LogP contribution in [0, 0.1) is 5.82 Å². The monoisotopic (exact) mass is 235 g/mol. The molecular formula is C14H18FNO. The van der Waals surface area contributed by atoms with Crippen molar-refractivity contribution in [3.05, 3.63) is 35.1 Å². The molecule has 2 atom stereocenters. The molecule has 0 bridgehead atoms. The van der Waals surface area contributed by atoms with Crippen molar-refractivity contribution in [3.63, 3.8) is 0 Å². The molecule has 2 aliphatic heterocycles. The molecule has 0 radical (unpaired) electrons. The fourth-order valence-electron chi connectivity index (χ4n) is 2.92. The second kappa shape index (κ2) is 4.75. The van der Waals surface area contributed by atoms with Crippen LogP contribution in [0.2, 0.25) is 0 Å². The molecule has 0 aliphatic carbocycles. The van der Waals surface area contributed by atoms with Crippen molar-refractivity contribution < 1.29 is 9.13 Å². The zero-order valence-corrected chi connectivity index (χ0v) is 9.92. The molecule has 0 saturated carbocycles. The zero-order valence-electron chi connectivity index (χ0n) is 9.92. The quantitative estimate of drug-likeness (QED) is 0.807. The van der Waals surface area contributed by atoms with Crippen molar-refractivity contribution >= 4 is 0 Å². The Balaban J connectivity index is 1.96. The number of hydrogen-bond acceptors (Lipinski definition) is 2. The largest absolute Gasteiger partial charge is 0.372 e. The summed E-state index contributed by atoms with van der Waals surface area (Å²) in [5.74, 6) is -0.155. The summed E-state index contributed by atoms with van der Waals surface area (Å²) in [6.07, 6.45) is 4.38. The third kappa shape index (κ3) is 2.22. The molecule has 3 heteroatoms. The predicted octanol–water partition coefficient (Wildman–Crippen LogP) is 2.58. The predicted molar refractivity (Wildman–Crippen MR) is 64.4 cm³/mol. The lowest BCUT2D eigenvalue weighted by Crippen LogP contribution is -2.30. The number of hydrogen-bond donors (Lipinski definition) is 1. The van der Waals surface area contributed by atoms with Crippen molar-refractivity contribution in [1.29, 1.82) is 0 Å². The van der Waals surface area contributed by atoms with Gasteiger partial charge in [-0.25, -0.2) is 4.39 Å². The summed E-state index contributed by atoms with van der Waals surface area (Å²) in [6, 6.07) is 5.49. The van der Waals surface area contributed by atoms with E-state index in [4.69, 9.17) is 4.74 Å². The first-order valence-corrected chi connectivity index (χ1v) is 6.48. The molecule has 2 aliphatic rings. The van der Waals surface area contributed by atoms with Crippen LogP contribution in [-0.2, 0) is 11.2 Å². The van der Waals surface area contributed by atoms with E-state index >= 15 is 0 Å². The number of rotatable bonds is 1. The van der Waals surface area contributed by atoms with Crippen molar-refractivity contribution in [3.8, 4) is 0 Å². The SMILES string of the molecule is Fc1ccc2c(c1)[C@@H]([C@H]1CCCN1)OCCC2. The maximum absolute atomic E-state index is 13.4. The number of halogens is 1. The number of nitrogens with one attached hydrogen (secondary N) is 1. The van der Waals surface area contributed by atoms with Crippen LogP contribution < -0.4 is 5.32 Å². The van der Waals surface area contributed by atoms with E-state index in [1.807, 2.05) is 6.07 Å². The topological polar surface area (TPSA) is 21.3 Å². The maximum Gasteiger partial charge on any atom is 0.123 e. The second-order valence-electron chi connectivity index (χ2n) is 4.94. The summed E-state index contributed by atoms with van der Waals surface area (Å²) < 4.78 is 19.4. The van der Waals surface area contributed by atoms with Crippen molar-refractivity contribution in [2.75, 3.05) is 13.2 Å². The van der Waals surface area contributed by atoms with E-state index in [9.17, 15) is 4.39 Å². The highest BCUT2D eigenvalue weighted by Gasteiger charge is 2.29. The van der Waals surface area contributed by atoms with E-state index in [1.165, 1.54) is 12.0 Å². The Morgan fingerprint density at radius 3 is 3.06 bits per heavy atom. The molecule has 2 nitrogen and oxygen atoms in total. The highest BCUT2D eigenvalue weighted by atomic mass is 19.1. The van der Waals surface area contributed by atoms with Gasteiger partial charge in [-0.1, -0.05) is 6.07 Å². The molecule has 0 amide bonds. The summed E-state index contributed by atoms with van der Waals surface area (Å²) in [4.78, 5) is 0. The van der Waals surface area contributed by atoms with E-state index in [1.54, 1.807) is 12.1 Å². The zero-order chi connectivity index (χ0) is 11.7. The first-order valence-electron chi connectivity index (χ1n) is 6.48. The third-order valence-corrected chi connectivity index (χ3v) is 3.77. The molecule has 17 heavy (non-hydrogen) atoms. The Morgan fingerprint density at radius 2 is 2.24 bits per heavy atom. The number of fused-ring (bicyclic) bond motifs is 1. The lowest BCUT2D eigenvalue weighted by molar-refractivity contribution is 0.0332. The van der Waals surface area contributed by atoms with Gasteiger partial charge in [-0.2, -0.15) is 0 Å². The van der Waals surface area contributed by atoms with Crippen LogP contribution in [-0.4, -0.2) is 19.2 Å². The van der Waals surface area contributed by atoms with Crippen LogP contribution in [0.25, 0.3) is 0 Å². The van der Waals surface area contributed by atoms with Crippen LogP contribution in [0.3, 0.4) is 0 Å². The maximum atomic E-state index is 13.4. The number of ether oxygens (including phenoxy) is 1. The highest BCUT2D eigenvalue weighted by Crippen LogP contribution is 2.32. The first-order chi connectivity index (χ1) is 8.34. The van der Waals surface area contributed by atoms with Crippen molar-refractivity contribution in [2.45, 2.75) is 37.8 Å². The molecule has 92 valence electrons. The van der Waals surface area contributed by atoms with Crippen molar-refractivity contribution in [1.82, 2.24) is 5.32 Å². The van der Waals surface area contributed by atoms with Gasteiger partial charge < -0.3 is 10.1 Å². The van der Waals surface area contributed by atoms with E-state index in [0.717, 1.165) is 38.0 Å². The van der Waals surface area contributed by atoms with Gasteiger partial charge in [-0.05, 0) is 55.5 Å². The Kier molecular flexibility index (Phi) is 3.12. The van der Waals surface area contributed by atoms with Gasteiger partial charge in [0.05, 0.1) is 6.10 Å². The molecule has 0 aromatic heterocycles. The van der Waals surface area contributed by atoms with Gasteiger partial charge in [-0.15, -0.1) is 0 Å². The molecule has 1 N–H and O–H groups in total. The summed E-state index contributed by atoms with van der Waals surface area (Å²) in [5, 5.41) is 3.47. The number of aryl methyl sites for hydroxylation is 1. The molecule has 1 fully saturated rings. The molecule has 3 rings (SSSR count). The van der Waals surface area contributed by atoms with Crippen LogP contribution in [0.5, 0.6) is 0 Å². The standard InChI is InChI=1S/C14H18FNO/c15-11-6-5-10-3-2-8-17-14(12(10)9-11)13-4-1-7-16-13/h5-6,9,13-14,16H,1-4,7-8H2/t13-,14+/m1/s1. The molecule has 0 spiro atoms. The molecule has 2 heterocycles. The summed E-state index contributed by atoms with van der Waals surface area (Å²) in [5.41, 5.74) is 2.31. The fraction of sp³-hybridized carbons (Fsp3) is 0.571. The first kappa shape index (κ1) is 11.2. The van der Waals surface area contributed by atoms with Gasteiger partial charge in [0, 0.05) is 12.6 Å². The average molecular weight is 235 g/mol. The minimum absolute atomic E-state index is 0.0331. The van der Waals surface area contributed by atoms with Gasteiger partial charge >= 0.3 is 0 Å². The molecule has 1 saturated heterocycles. The van der Waals surface area contributed by atoms with E-state index in [0.29, 0.717) is 6.04 Å². The van der Waals surface area contributed by atoms with Crippen LogP contribution in [0.1, 0.15) is 36.5 Å². The summed E-state index contributed by atoms with van der Waals surface area (Å²) in [7, 11) is 0. The fourth-order valence-corrected chi connectivity index (χ4v) is 2.92. The molecule has 0 unspecified atom stereocenters. The Hall–Kier alpha value is -0.930. The van der Waals surface area contributed by atoms with Gasteiger partial charge in [0.1, 0.15) is 5.82 Å². The lowest BCUT2D eigenvalue weighted by Gasteiger charge is -2.24. The van der Waals surface area contributed by atoms with E-state index in [-0.39, 0.29) is 11.9 Å². The van der Waals surface area contributed by atoms with Crippen LogP contribution in [0.15, 0.2) is 18.2 Å². The van der Waals surface area contributed by atoms with Gasteiger partial charge in [0.2, 0.25) is 0 Å². The second-order valence-corrected chi connectivity index (χ2v) is 4.94. The Bertz CT molecular complexity index is 401. The lowest BCUT2D eigenvalue weighted by atomic mass is 9.95. The van der Waals surface area contributed by atoms with Gasteiger partial charge in [0.15, 0.2) is 0 Å². The van der Waals surface area contributed by atoms with Crippen LogP contribution in [0.4, 0.5) is 4.39 Å². The summed E-state index contributed by atoms with van der Waals surface area (Å²) >= 11 is 0. The summed E-state index contributed by atoms with van der Waals surface area (Å²) in [6.45, 7) is 1.83. The van der Waals surface area contributed by atoms with E-state index < -0.39 is 0 Å². The third-order valence-electron chi connectivity index (χ3n) is 3.77. The van der Waals surface area contributed by atoms with Gasteiger partial charge in [0.25, 0.3) is 0 Å².